The number of methoxy groups -OCH3 is 1. The van der Waals surface area contributed by atoms with E-state index in [4.69, 9.17) is 9.57 Å². The van der Waals surface area contributed by atoms with Crippen LogP contribution in [0.5, 0.6) is 0 Å². The van der Waals surface area contributed by atoms with Crippen LogP contribution in [0.4, 0.5) is 0 Å². The van der Waals surface area contributed by atoms with Crippen LogP contribution in [0.2, 0.25) is 0 Å². The summed E-state index contributed by atoms with van der Waals surface area (Å²) in [6.45, 7) is 5.19. The summed E-state index contributed by atoms with van der Waals surface area (Å²) in [5.74, 6) is 1.48. The lowest BCUT2D eigenvalue weighted by molar-refractivity contribution is -0.152. The largest absolute Gasteiger partial charge is 0.467 e. The van der Waals surface area contributed by atoms with Gasteiger partial charge in [0.2, 0.25) is 0 Å². The molecule has 3 saturated carbocycles. The van der Waals surface area contributed by atoms with Crippen molar-refractivity contribution < 1.29 is 24.3 Å². The molecule has 7 heteroatoms. The number of hydrogen-bond donors (Lipinski definition) is 1. The van der Waals surface area contributed by atoms with Crippen LogP contribution in [0, 0.1) is 28.6 Å². The number of ether oxygens (including phenoxy) is 1. The zero-order valence-electron chi connectivity index (χ0n) is 20.9. The van der Waals surface area contributed by atoms with Gasteiger partial charge in [0.1, 0.15) is 6.04 Å². The first kappa shape index (κ1) is 23.8. The van der Waals surface area contributed by atoms with E-state index < -0.39 is 6.04 Å². The summed E-state index contributed by atoms with van der Waals surface area (Å²) in [4.78, 5) is 31.5. The highest BCUT2D eigenvalue weighted by molar-refractivity contribution is 5.96. The minimum Gasteiger partial charge on any atom is -0.467 e. The quantitative estimate of drug-likeness (QED) is 0.496. The van der Waals surface area contributed by atoms with Crippen LogP contribution in [0.25, 0.3) is 0 Å². The molecule has 0 aromatic rings. The number of allylic oxidation sites excluding steroid dienone is 2. The van der Waals surface area contributed by atoms with Crippen molar-refractivity contribution >= 4 is 17.6 Å². The first-order chi connectivity index (χ1) is 16.3. The third-order valence-corrected chi connectivity index (χ3v) is 10.3. The fourth-order valence-electron chi connectivity index (χ4n) is 8.32. The van der Waals surface area contributed by atoms with Gasteiger partial charge in [0, 0.05) is 6.54 Å². The van der Waals surface area contributed by atoms with Gasteiger partial charge in [-0.1, -0.05) is 24.6 Å². The number of carbonyl (C=O) groups excluding carboxylic acids is 2. The maximum atomic E-state index is 12.6. The van der Waals surface area contributed by atoms with Crippen molar-refractivity contribution in [3.63, 3.8) is 0 Å². The van der Waals surface area contributed by atoms with Crippen molar-refractivity contribution in [2.24, 2.45) is 33.7 Å². The molecule has 0 aromatic heterocycles. The third-order valence-electron chi connectivity index (χ3n) is 10.3. The number of carbonyl (C=O) groups is 2. The third kappa shape index (κ3) is 3.78. The number of fused-ring (bicyclic) bond motifs is 5. The van der Waals surface area contributed by atoms with Crippen LogP contribution in [0.1, 0.15) is 78.1 Å². The Kier molecular flexibility index (Phi) is 6.28. The molecule has 0 radical (unpaired) electrons. The van der Waals surface area contributed by atoms with Gasteiger partial charge in [-0.15, -0.1) is 0 Å². The Morgan fingerprint density at radius 2 is 1.94 bits per heavy atom. The first-order valence-corrected chi connectivity index (χ1v) is 13.2. The van der Waals surface area contributed by atoms with Gasteiger partial charge in [0.15, 0.2) is 6.61 Å². The summed E-state index contributed by atoms with van der Waals surface area (Å²) in [7, 11) is 1.35. The Labute approximate surface area is 202 Å². The van der Waals surface area contributed by atoms with Crippen LogP contribution in [0.15, 0.2) is 16.8 Å². The van der Waals surface area contributed by atoms with Gasteiger partial charge in [-0.25, -0.2) is 4.79 Å². The smallest absolute Gasteiger partial charge is 0.328 e. The molecule has 188 valence electrons. The Bertz CT molecular complexity index is 899. The van der Waals surface area contributed by atoms with Gasteiger partial charge in [-0.3, -0.25) is 4.79 Å². The maximum absolute atomic E-state index is 12.6. The Morgan fingerprint density at radius 1 is 1.12 bits per heavy atom. The van der Waals surface area contributed by atoms with Gasteiger partial charge in [-0.2, -0.15) is 0 Å². The Balaban J connectivity index is 1.23. The van der Waals surface area contributed by atoms with E-state index >= 15 is 0 Å². The van der Waals surface area contributed by atoms with E-state index in [1.165, 1.54) is 31.9 Å². The van der Waals surface area contributed by atoms with Gasteiger partial charge >= 0.3 is 5.97 Å². The van der Waals surface area contributed by atoms with Gasteiger partial charge in [0.05, 0.1) is 18.9 Å². The van der Waals surface area contributed by atoms with E-state index in [0.717, 1.165) is 44.2 Å². The van der Waals surface area contributed by atoms with E-state index in [2.05, 4.69) is 25.1 Å². The second-order valence-electron chi connectivity index (χ2n) is 11.8. The van der Waals surface area contributed by atoms with E-state index in [1.54, 1.807) is 4.90 Å². The van der Waals surface area contributed by atoms with E-state index in [9.17, 15) is 14.7 Å². The number of aliphatic hydroxyl groups is 1. The average molecular weight is 473 g/mol. The van der Waals surface area contributed by atoms with Crippen LogP contribution < -0.4 is 0 Å². The highest BCUT2D eigenvalue weighted by Crippen LogP contribution is 2.65. The zero-order chi connectivity index (χ0) is 24.1. The predicted molar refractivity (Wildman–Crippen MR) is 128 cm³/mol. The highest BCUT2D eigenvalue weighted by atomic mass is 16.6. The van der Waals surface area contributed by atoms with E-state index in [0.29, 0.717) is 30.7 Å². The number of nitrogens with zero attached hydrogens (tertiary/aromatic N) is 2. The molecule has 0 spiro atoms. The number of aliphatic hydroxyl groups excluding tert-OH is 1. The highest BCUT2D eigenvalue weighted by Gasteiger charge is 2.58. The zero-order valence-corrected chi connectivity index (χ0v) is 20.9. The molecule has 1 N–H and O–H groups in total. The lowest BCUT2D eigenvalue weighted by atomic mass is 9.47. The van der Waals surface area contributed by atoms with Crippen LogP contribution in [-0.4, -0.2) is 60.0 Å². The summed E-state index contributed by atoms with van der Waals surface area (Å²) in [5, 5.41) is 15.0. The standard InChI is InChI=1S/C27H40N2O5/c1-26-12-10-18(28-34-16-24(31)29-14-4-5-22(29)25(32)33-3)15-17(26)6-7-19-20-8-9-23(30)27(20,2)13-11-21(19)26/h15,19-23,30H,4-14,16H2,1-3H3/b28-18-/t19-,20-,21-,22+,23-,26-,27-/m0/s1. The summed E-state index contributed by atoms with van der Waals surface area (Å²) in [5.41, 5.74) is 2.72. The van der Waals surface area contributed by atoms with E-state index in [-0.39, 0.29) is 35.4 Å². The maximum Gasteiger partial charge on any atom is 0.328 e. The minimum atomic E-state index is -0.500. The number of oxime groups is 1. The molecular formula is C27H40N2O5. The summed E-state index contributed by atoms with van der Waals surface area (Å²) < 4.78 is 4.82. The molecule has 5 aliphatic rings. The number of esters is 1. The molecule has 34 heavy (non-hydrogen) atoms. The lowest BCUT2D eigenvalue weighted by Crippen LogP contribution is -2.51. The average Bonchev–Trinajstić information content (AvgIpc) is 3.43. The fraction of sp³-hybridized carbons (Fsp3) is 0.815. The second kappa shape index (κ2) is 8.96. The molecule has 5 rings (SSSR count). The monoisotopic (exact) mass is 472 g/mol. The van der Waals surface area contributed by atoms with Gasteiger partial charge < -0.3 is 19.6 Å². The molecule has 4 aliphatic carbocycles. The van der Waals surface area contributed by atoms with Gasteiger partial charge in [0.25, 0.3) is 5.91 Å². The van der Waals surface area contributed by atoms with Crippen molar-refractivity contribution in [1.82, 2.24) is 4.90 Å². The van der Waals surface area contributed by atoms with Crippen molar-refractivity contribution in [2.45, 2.75) is 90.2 Å². The Morgan fingerprint density at radius 3 is 2.74 bits per heavy atom. The molecule has 1 aliphatic heterocycles. The summed E-state index contributed by atoms with van der Waals surface area (Å²) >= 11 is 0. The summed E-state index contributed by atoms with van der Waals surface area (Å²) in [6, 6.07) is -0.500. The fourth-order valence-corrected chi connectivity index (χ4v) is 8.32. The topological polar surface area (TPSA) is 88.4 Å². The lowest BCUT2D eigenvalue weighted by Gasteiger charge is -2.57. The number of hydrogen-bond acceptors (Lipinski definition) is 6. The molecule has 0 aromatic carbocycles. The molecule has 7 nitrogen and oxygen atoms in total. The minimum absolute atomic E-state index is 0.114. The number of likely N-dealkylation sites (tertiary alicyclic amines) is 1. The SMILES string of the molecule is COC(=O)[C@H]1CCCN1C(=O)CO/N=C1\C=C2CC[C@H]3[C@@H]4CC[C@H](O)[C@@]4(C)CC[C@@H]3[C@@]2(C)CC1. The second-order valence-corrected chi connectivity index (χ2v) is 11.8. The molecule has 1 amide bonds. The van der Waals surface area contributed by atoms with Crippen LogP contribution >= 0.6 is 0 Å². The number of rotatable bonds is 4. The molecule has 1 heterocycles. The molecule has 0 unspecified atom stereocenters. The normalized spacial score (nSPS) is 42.5. The van der Waals surface area contributed by atoms with Crippen molar-refractivity contribution in [3.8, 4) is 0 Å². The first-order valence-electron chi connectivity index (χ1n) is 13.2. The van der Waals surface area contributed by atoms with Crippen molar-refractivity contribution in [2.75, 3.05) is 20.3 Å². The molecule has 0 bridgehead atoms. The molecular weight excluding hydrogens is 432 g/mol. The van der Waals surface area contributed by atoms with Crippen LogP contribution in [-0.2, 0) is 19.2 Å². The number of amides is 1. The molecule has 7 atom stereocenters. The predicted octanol–water partition coefficient (Wildman–Crippen LogP) is 3.85. The molecule has 4 fully saturated rings. The van der Waals surface area contributed by atoms with Gasteiger partial charge in [-0.05, 0) is 98.9 Å². The van der Waals surface area contributed by atoms with Crippen LogP contribution in [0.3, 0.4) is 0 Å². The molecule has 1 saturated heterocycles. The Hall–Kier alpha value is -1.89. The van der Waals surface area contributed by atoms with E-state index in [1.807, 2.05) is 0 Å². The van der Waals surface area contributed by atoms with Crippen molar-refractivity contribution in [3.05, 3.63) is 11.6 Å². The van der Waals surface area contributed by atoms with Crippen molar-refractivity contribution in [1.29, 1.82) is 0 Å². The summed E-state index contributed by atoms with van der Waals surface area (Å²) in [6.07, 6.45) is 12.2.